The van der Waals surface area contributed by atoms with Crippen molar-refractivity contribution < 1.29 is 4.74 Å². The summed E-state index contributed by atoms with van der Waals surface area (Å²) < 4.78 is 5.95. The van der Waals surface area contributed by atoms with Crippen LogP contribution < -0.4 is 4.74 Å². The molecule has 1 aromatic heterocycles. The fraction of sp³-hybridized carbons (Fsp3) is 0.267. The van der Waals surface area contributed by atoms with Crippen molar-refractivity contribution in [3.8, 4) is 11.6 Å². The minimum atomic E-state index is 0.396. The highest BCUT2D eigenvalue weighted by molar-refractivity contribution is 6.17. The quantitative estimate of drug-likeness (QED) is 0.757. The van der Waals surface area contributed by atoms with Gasteiger partial charge in [-0.3, -0.25) is 0 Å². The summed E-state index contributed by atoms with van der Waals surface area (Å²) in [7, 11) is 0. The Balaban J connectivity index is 2.43. The number of benzene rings is 1. The van der Waals surface area contributed by atoms with E-state index in [4.69, 9.17) is 16.3 Å². The maximum atomic E-state index is 5.95. The molecule has 0 aliphatic carbocycles. The molecule has 0 fully saturated rings. The van der Waals surface area contributed by atoms with Crippen LogP contribution in [-0.2, 0) is 5.88 Å². The van der Waals surface area contributed by atoms with Gasteiger partial charge in [0.05, 0.1) is 5.88 Å². The van der Waals surface area contributed by atoms with E-state index in [0.717, 1.165) is 22.4 Å². The number of hydrogen-bond acceptors (Lipinski definition) is 2. The van der Waals surface area contributed by atoms with Crippen molar-refractivity contribution in [2.75, 3.05) is 0 Å². The van der Waals surface area contributed by atoms with Crippen LogP contribution in [0.15, 0.2) is 30.5 Å². The molecule has 2 aromatic rings. The second-order valence-electron chi connectivity index (χ2n) is 4.36. The predicted octanol–water partition coefficient (Wildman–Crippen LogP) is 4.54. The second-order valence-corrected chi connectivity index (χ2v) is 4.62. The molecule has 0 N–H and O–H groups in total. The first kappa shape index (κ1) is 12.9. The number of aromatic nitrogens is 1. The smallest absolute Gasteiger partial charge is 0.223 e. The summed E-state index contributed by atoms with van der Waals surface area (Å²) in [5, 5.41) is 0. The highest BCUT2D eigenvalue weighted by Gasteiger charge is 2.10. The standard InChI is InChI=1S/C15H16ClNO/c1-10-6-7-11(2)14(12(10)3)18-15-13(9-16)5-4-8-17-15/h4-8H,9H2,1-3H3. The van der Waals surface area contributed by atoms with Gasteiger partial charge in [-0.05, 0) is 43.5 Å². The van der Waals surface area contributed by atoms with Gasteiger partial charge in [0, 0.05) is 11.8 Å². The normalized spacial score (nSPS) is 10.4. The molecule has 18 heavy (non-hydrogen) atoms. The molecule has 2 nitrogen and oxygen atoms in total. The topological polar surface area (TPSA) is 22.1 Å². The van der Waals surface area contributed by atoms with Gasteiger partial charge in [-0.25, -0.2) is 4.98 Å². The van der Waals surface area contributed by atoms with Gasteiger partial charge in [-0.2, -0.15) is 0 Å². The maximum absolute atomic E-state index is 5.95. The van der Waals surface area contributed by atoms with Crippen molar-refractivity contribution in [2.45, 2.75) is 26.7 Å². The molecular formula is C15H16ClNO. The average molecular weight is 262 g/mol. The van der Waals surface area contributed by atoms with Crippen molar-refractivity contribution in [3.05, 3.63) is 52.7 Å². The van der Waals surface area contributed by atoms with E-state index in [1.165, 1.54) is 5.56 Å². The molecule has 0 amide bonds. The van der Waals surface area contributed by atoms with Crippen molar-refractivity contribution in [1.82, 2.24) is 4.98 Å². The van der Waals surface area contributed by atoms with Gasteiger partial charge < -0.3 is 4.74 Å². The molecular weight excluding hydrogens is 246 g/mol. The lowest BCUT2D eigenvalue weighted by atomic mass is 10.1. The first-order valence-electron chi connectivity index (χ1n) is 5.88. The number of aryl methyl sites for hydroxylation is 2. The summed E-state index contributed by atoms with van der Waals surface area (Å²) in [5.74, 6) is 1.86. The Bertz CT molecular complexity index is 566. The van der Waals surface area contributed by atoms with Gasteiger partial charge in [-0.1, -0.05) is 18.2 Å². The highest BCUT2D eigenvalue weighted by Crippen LogP contribution is 2.31. The Morgan fingerprint density at radius 1 is 1.11 bits per heavy atom. The monoisotopic (exact) mass is 261 g/mol. The zero-order valence-corrected chi connectivity index (χ0v) is 11.6. The lowest BCUT2D eigenvalue weighted by Crippen LogP contribution is -1.97. The van der Waals surface area contributed by atoms with E-state index in [2.05, 4.69) is 31.0 Å². The Labute approximate surface area is 113 Å². The van der Waals surface area contributed by atoms with Gasteiger partial charge in [-0.15, -0.1) is 11.6 Å². The zero-order chi connectivity index (χ0) is 13.1. The number of halogens is 1. The van der Waals surface area contributed by atoms with Crippen LogP contribution in [0.25, 0.3) is 0 Å². The second kappa shape index (κ2) is 5.40. The number of pyridine rings is 1. The molecule has 0 aliphatic rings. The number of alkyl halides is 1. The summed E-state index contributed by atoms with van der Waals surface area (Å²) in [6, 6.07) is 7.94. The number of ether oxygens (including phenoxy) is 1. The third kappa shape index (κ3) is 2.49. The van der Waals surface area contributed by atoms with Crippen LogP contribution in [-0.4, -0.2) is 4.98 Å². The fourth-order valence-electron chi connectivity index (χ4n) is 1.80. The maximum Gasteiger partial charge on any atom is 0.223 e. The lowest BCUT2D eigenvalue weighted by molar-refractivity contribution is 0.451. The molecule has 0 saturated heterocycles. The van der Waals surface area contributed by atoms with Crippen LogP contribution in [0.2, 0.25) is 0 Å². The first-order valence-corrected chi connectivity index (χ1v) is 6.41. The van der Waals surface area contributed by atoms with Crippen molar-refractivity contribution in [1.29, 1.82) is 0 Å². The first-order chi connectivity index (χ1) is 8.63. The van der Waals surface area contributed by atoms with Crippen LogP contribution in [0.1, 0.15) is 22.3 Å². The SMILES string of the molecule is Cc1ccc(C)c(Oc2ncccc2CCl)c1C. The molecule has 2 rings (SSSR count). The summed E-state index contributed by atoms with van der Waals surface area (Å²) >= 11 is 5.89. The molecule has 0 aliphatic heterocycles. The average Bonchev–Trinajstić information content (AvgIpc) is 2.39. The van der Waals surface area contributed by atoms with Gasteiger partial charge >= 0.3 is 0 Å². The molecule has 0 unspecified atom stereocenters. The third-order valence-corrected chi connectivity index (χ3v) is 3.35. The van der Waals surface area contributed by atoms with Crippen LogP contribution in [0.4, 0.5) is 0 Å². The van der Waals surface area contributed by atoms with E-state index in [1.54, 1.807) is 6.20 Å². The summed E-state index contributed by atoms with van der Waals surface area (Å²) in [4.78, 5) is 4.25. The molecule has 1 heterocycles. The Kier molecular flexibility index (Phi) is 3.87. The van der Waals surface area contributed by atoms with Gasteiger partial charge in [0.15, 0.2) is 0 Å². The number of rotatable bonds is 3. The molecule has 0 atom stereocenters. The van der Waals surface area contributed by atoms with E-state index in [0.29, 0.717) is 11.8 Å². The van der Waals surface area contributed by atoms with Crippen molar-refractivity contribution in [3.63, 3.8) is 0 Å². The third-order valence-electron chi connectivity index (χ3n) is 3.07. The molecule has 0 radical (unpaired) electrons. The molecule has 94 valence electrons. The van der Waals surface area contributed by atoms with Crippen molar-refractivity contribution in [2.24, 2.45) is 0 Å². The number of hydrogen-bond donors (Lipinski definition) is 0. The largest absolute Gasteiger partial charge is 0.438 e. The van der Waals surface area contributed by atoms with Crippen LogP contribution in [0, 0.1) is 20.8 Å². The van der Waals surface area contributed by atoms with Crippen LogP contribution >= 0.6 is 11.6 Å². The van der Waals surface area contributed by atoms with Gasteiger partial charge in [0.2, 0.25) is 5.88 Å². The summed E-state index contributed by atoms with van der Waals surface area (Å²) in [6.45, 7) is 6.16. The van der Waals surface area contributed by atoms with Gasteiger partial charge in [0.25, 0.3) is 0 Å². The molecule has 0 saturated carbocycles. The van der Waals surface area contributed by atoms with E-state index in [1.807, 2.05) is 19.1 Å². The van der Waals surface area contributed by atoms with E-state index >= 15 is 0 Å². The predicted molar refractivity (Wildman–Crippen MR) is 74.5 cm³/mol. The van der Waals surface area contributed by atoms with E-state index in [-0.39, 0.29) is 0 Å². The van der Waals surface area contributed by atoms with E-state index in [9.17, 15) is 0 Å². The summed E-state index contributed by atoms with van der Waals surface area (Å²) in [6.07, 6.45) is 1.71. The van der Waals surface area contributed by atoms with Crippen LogP contribution in [0.5, 0.6) is 11.6 Å². The Morgan fingerprint density at radius 3 is 2.56 bits per heavy atom. The van der Waals surface area contributed by atoms with Gasteiger partial charge in [0.1, 0.15) is 5.75 Å². The molecule has 3 heteroatoms. The number of nitrogens with zero attached hydrogens (tertiary/aromatic N) is 1. The molecule has 0 bridgehead atoms. The van der Waals surface area contributed by atoms with E-state index < -0.39 is 0 Å². The Morgan fingerprint density at radius 2 is 1.83 bits per heavy atom. The molecule has 0 spiro atoms. The Hall–Kier alpha value is -1.54. The molecule has 1 aromatic carbocycles. The van der Waals surface area contributed by atoms with Crippen LogP contribution in [0.3, 0.4) is 0 Å². The fourth-order valence-corrected chi connectivity index (χ4v) is 2.00. The minimum absolute atomic E-state index is 0.396. The highest BCUT2D eigenvalue weighted by atomic mass is 35.5. The summed E-state index contributed by atoms with van der Waals surface area (Å²) in [5.41, 5.74) is 4.35. The lowest BCUT2D eigenvalue weighted by Gasteiger charge is -2.14. The van der Waals surface area contributed by atoms with Crippen molar-refractivity contribution >= 4 is 11.6 Å². The zero-order valence-electron chi connectivity index (χ0n) is 10.8. The minimum Gasteiger partial charge on any atom is -0.438 e.